The highest BCUT2D eigenvalue weighted by molar-refractivity contribution is 7.99. The van der Waals surface area contributed by atoms with Gasteiger partial charge < -0.3 is 5.32 Å². The summed E-state index contributed by atoms with van der Waals surface area (Å²) in [6.45, 7) is 6.59. The van der Waals surface area contributed by atoms with Crippen molar-refractivity contribution in [1.82, 2.24) is 9.97 Å². The Morgan fingerprint density at radius 2 is 2.05 bits per heavy atom. The number of nitrogens with one attached hydrogen (secondary N) is 1. The first-order chi connectivity index (χ1) is 10.6. The molecule has 3 nitrogen and oxygen atoms in total. The van der Waals surface area contributed by atoms with Crippen LogP contribution in [-0.4, -0.2) is 15.7 Å². The molecule has 1 N–H and O–H groups in total. The fourth-order valence-corrected chi connectivity index (χ4v) is 4.04. The number of para-hydroxylation sites is 1. The van der Waals surface area contributed by atoms with Gasteiger partial charge in [0.25, 0.3) is 0 Å². The number of rotatable bonds is 5. The van der Waals surface area contributed by atoms with Crippen LogP contribution >= 0.6 is 23.1 Å². The van der Waals surface area contributed by atoms with Crippen LogP contribution in [0.25, 0.3) is 10.2 Å². The van der Waals surface area contributed by atoms with Gasteiger partial charge in [0.05, 0.1) is 11.1 Å². The third-order valence-corrected chi connectivity index (χ3v) is 5.77. The number of anilines is 2. The monoisotopic (exact) mass is 329 g/mol. The van der Waals surface area contributed by atoms with Crippen LogP contribution in [0.4, 0.5) is 11.5 Å². The first kappa shape index (κ1) is 15.3. The molecule has 0 radical (unpaired) electrons. The lowest BCUT2D eigenvalue weighted by molar-refractivity contribution is 0.750. The first-order valence-electron chi connectivity index (χ1n) is 7.33. The number of aryl methyl sites for hydroxylation is 1. The zero-order valence-electron chi connectivity index (χ0n) is 13.0. The lowest BCUT2D eigenvalue weighted by Crippen LogP contribution is -1.98. The Morgan fingerprint density at radius 3 is 2.86 bits per heavy atom. The molecule has 0 saturated carbocycles. The van der Waals surface area contributed by atoms with E-state index in [-0.39, 0.29) is 0 Å². The van der Waals surface area contributed by atoms with Gasteiger partial charge in [0.15, 0.2) is 0 Å². The van der Waals surface area contributed by atoms with Crippen LogP contribution in [0.3, 0.4) is 0 Å². The molecule has 0 unspecified atom stereocenters. The zero-order valence-corrected chi connectivity index (χ0v) is 14.6. The summed E-state index contributed by atoms with van der Waals surface area (Å²) in [5.74, 6) is 2.67. The summed E-state index contributed by atoms with van der Waals surface area (Å²) >= 11 is 3.54. The molecule has 0 aliphatic heterocycles. The number of nitrogens with zero attached hydrogens (tertiary/aromatic N) is 2. The van der Waals surface area contributed by atoms with E-state index in [1.807, 2.05) is 11.8 Å². The molecule has 2 aromatic heterocycles. The van der Waals surface area contributed by atoms with Gasteiger partial charge >= 0.3 is 0 Å². The van der Waals surface area contributed by atoms with Crippen LogP contribution in [0.1, 0.15) is 19.4 Å². The molecule has 0 bridgehead atoms. The number of hydrogen-bond acceptors (Lipinski definition) is 5. The molecule has 0 atom stereocenters. The second-order valence-corrected chi connectivity index (χ2v) is 7.57. The highest BCUT2D eigenvalue weighted by Gasteiger charge is 2.11. The smallest absolute Gasteiger partial charge is 0.142 e. The van der Waals surface area contributed by atoms with Crippen LogP contribution in [0.2, 0.25) is 0 Å². The Hall–Kier alpha value is -1.59. The minimum Gasteiger partial charge on any atom is -0.339 e. The molecule has 0 spiro atoms. The maximum Gasteiger partial charge on any atom is 0.142 e. The lowest BCUT2D eigenvalue weighted by Gasteiger charge is -2.13. The second-order valence-electron chi connectivity index (χ2n) is 5.65. The summed E-state index contributed by atoms with van der Waals surface area (Å²) in [4.78, 5) is 11.1. The third kappa shape index (κ3) is 3.25. The van der Waals surface area contributed by atoms with E-state index in [1.165, 1.54) is 10.5 Å². The van der Waals surface area contributed by atoms with E-state index in [1.54, 1.807) is 17.7 Å². The molecule has 3 aromatic rings. The topological polar surface area (TPSA) is 37.8 Å². The Labute approximate surface area is 139 Å². The van der Waals surface area contributed by atoms with Gasteiger partial charge in [-0.15, -0.1) is 23.1 Å². The predicted octanol–water partition coefficient (Wildman–Crippen LogP) is 5.49. The SMILES string of the molecule is Cc1csc2ncnc(Nc3ccccc3SCC(C)C)c12. The molecule has 22 heavy (non-hydrogen) atoms. The minimum atomic E-state index is 0.669. The zero-order chi connectivity index (χ0) is 15.5. The van der Waals surface area contributed by atoms with Crippen LogP contribution in [0.15, 0.2) is 40.9 Å². The molecule has 0 fully saturated rings. The number of aromatic nitrogens is 2. The summed E-state index contributed by atoms with van der Waals surface area (Å²) < 4.78 is 0. The number of thiophene rings is 1. The Kier molecular flexibility index (Phi) is 4.64. The molecule has 5 heteroatoms. The summed E-state index contributed by atoms with van der Waals surface area (Å²) in [6, 6.07) is 8.41. The summed E-state index contributed by atoms with van der Waals surface area (Å²) in [7, 11) is 0. The Morgan fingerprint density at radius 1 is 1.23 bits per heavy atom. The number of hydrogen-bond donors (Lipinski definition) is 1. The Bertz CT molecular complexity index is 780. The fraction of sp³-hybridized carbons (Fsp3) is 0.294. The van der Waals surface area contributed by atoms with Crippen molar-refractivity contribution in [3.63, 3.8) is 0 Å². The summed E-state index contributed by atoms with van der Waals surface area (Å²) in [5, 5.41) is 6.75. The molecular formula is C17H19N3S2. The number of fused-ring (bicyclic) bond motifs is 1. The van der Waals surface area contributed by atoms with E-state index < -0.39 is 0 Å². The maximum absolute atomic E-state index is 4.45. The van der Waals surface area contributed by atoms with E-state index in [2.05, 4.69) is 65.7 Å². The van der Waals surface area contributed by atoms with Crippen molar-refractivity contribution in [3.8, 4) is 0 Å². The molecule has 3 rings (SSSR count). The maximum atomic E-state index is 4.45. The van der Waals surface area contributed by atoms with Crippen molar-refractivity contribution < 1.29 is 0 Å². The van der Waals surface area contributed by atoms with Crippen LogP contribution in [0, 0.1) is 12.8 Å². The number of thioether (sulfide) groups is 1. The third-order valence-electron chi connectivity index (χ3n) is 3.27. The van der Waals surface area contributed by atoms with Gasteiger partial charge in [-0.3, -0.25) is 0 Å². The van der Waals surface area contributed by atoms with E-state index in [0.717, 1.165) is 27.5 Å². The summed E-state index contributed by atoms with van der Waals surface area (Å²) in [6.07, 6.45) is 1.63. The highest BCUT2D eigenvalue weighted by Crippen LogP contribution is 2.34. The summed E-state index contributed by atoms with van der Waals surface area (Å²) in [5.41, 5.74) is 2.33. The van der Waals surface area contributed by atoms with Crippen molar-refractivity contribution in [2.24, 2.45) is 5.92 Å². The van der Waals surface area contributed by atoms with Gasteiger partial charge in [0.2, 0.25) is 0 Å². The molecule has 0 aliphatic carbocycles. The normalized spacial score (nSPS) is 11.3. The van der Waals surface area contributed by atoms with Gasteiger partial charge in [0.1, 0.15) is 17.0 Å². The van der Waals surface area contributed by atoms with Gasteiger partial charge in [-0.1, -0.05) is 26.0 Å². The molecular weight excluding hydrogens is 310 g/mol. The van der Waals surface area contributed by atoms with Crippen molar-refractivity contribution in [1.29, 1.82) is 0 Å². The van der Waals surface area contributed by atoms with Gasteiger partial charge in [-0.05, 0) is 35.9 Å². The van der Waals surface area contributed by atoms with E-state index >= 15 is 0 Å². The van der Waals surface area contributed by atoms with E-state index in [4.69, 9.17) is 0 Å². The Balaban J connectivity index is 1.93. The van der Waals surface area contributed by atoms with Crippen molar-refractivity contribution in [2.45, 2.75) is 25.7 Å². The van der Waals surface area contributed by atoms with Gasteiger partial charge in [-0.2, -0.15) is 0 Å². The fourth-order valence-electron chi connectivity index (χ4n) is 2.19. The molecule has 0 saturated heterocycles. The quantitative estimate of drug-likeness (QED) is 0.628. The van der Waals surface area contributed by atoms with Crippen molar-refractivity contribution in [3.05, 3.63) is 41.5 Å². The van der Waals surface area contributed by atoms with Crippen LogP contribution in [0.5, 0.6) is 0 Å². The van der Waals surface area contributed by atoms with E-state index in [0.29, 0.717) is 5.92 Å². The van der Waals surface area contributed by atoms with Crippen LogP contribution in [-0.2, 0) is 0 Å². The van der Waals surface area contributed by atoms with Crippen molar-refractivity contribution >= 4 is 44.8 Å². The molecule has 0 amide bonds. The molecule has 0 aliphatic rings. The standard InChI is InChI=1S/C17H19N3S2/c1-11(2)8-21-14-7-5-4-6-13(14)20-16-15-12(3)9-22-17(15)19-10-18-16/h4-7,9-11H,8H2,1-3H3,(H,18,19,20). The minimum absolute atomic E-state index is 0.669. The second kappa shape index (κ2) is 6.67. The van der Waals surface area contributed by atoms with Crippen molar-refractivity contribution in [2.75, 3.05) is 11.1 Å². The molecule has 2 heterocycles. The average Bonchev–Trinajstić information content (AvgIpc) is 2.89. The lowest BCUT2D eigenvalue weighted by atomic mass is 10.2. The predicted molar refractivity (Wildman–Crippen MR) is 97.4 cm³/mol. The van der Waals surface area contributed by atoms with Gasteiger partial charge in [-0.25, -0.2) is 9.97 Å². The van der Waals surface area contributed by atoms with Gasteiger partial charge in [0, 0.05) is 10.6 Å². The molecule has 1 aromatic carbocycles. The highest BCUT2D eigenvalue weighted by atomic mass is 32.2. The largest absolute Gasteiger partial charge is 0.339 e. The van der Waals surface area contributed by atoms with Crippen LogP contribution < -0.4 is 5.32 Å². The van der Waals surface area contributed by atoms with E-state index in [9.17, 15) is 0 Å². The average molecular weight is 329 g/mol. The molecule has 114 valence electrons. The first-order valence-corrected chi connectivity index (χ1v) is 9.19. The number of benzene rings is 1.